The Morgan fingerprint density at radius 2 is 2.12 bits per heavy atom. The van der Waals surface area contributed by atoms with Crippen molar-refractivity contribution in [2.45, 2.75) is 26.2 Å². The quantitative estimate of drug-likeness (QED) is 0.777. The van der Waals surface area contributed by atoms with E-state index in [0.717, 1.165) is 10.1 Å². The van der Waals surface area contributed by atoms with Gasteiger partial charge in [0.1, 0.15) is 18.1 Å². The van der Waals surface area contributed by atoms with Gasteiger partial charge in [-0.05, 0) is 30.7 Å². The maximum Gasteiger partial charge on any atom is 0.406 e. The van der Waals surface area contributed by atoms with Crippen LogP contribution in [-0.2, 0) is 17.9 Å². The number of nitrogens with zero attached hydrogens (tertiary/aromatic N) is 3. The number of rotatable bonds is 6. The van der Waals surface area contributed by atoms with Crippen molar-refractivity contribution in [2.24, 2.45) is 0 Å². The van der Waals surface area contributed by atoms with Crippen LogP contribution in [0.5, 0.6) is 5.75 Å². The highest BCUT2D eigenvalue weighted by Crippen LogP contribution is 2.21. The number of amides is 1. The molecule has 2 aromatic rings. The fourth-order valence-corrected chi connectivity index (χ4v) is 2.21. The molecule has 0 N–H and O–H groups in total. The molecule has 0 atom stereocenters. The summed E-state index contributed by atoms with van der Waals surface area (Å²) in [6.07, 6.45) is -1.85. The highest BCUT2D eigenvalue weighted by molar-refractivity contribution is 6.31. The maximum atomic E-state index is 12.5. The number of halogens is 4. The first-order valence-electron chi connectivity index (χ1n) is 7.35. The van der Waals surface area contributed by atoms with Crippen LogP contribution in [0.25, 0.3) is 0 Å². The third-order valence-corrected chi connectivity index (χ3v) is 3.87. The molecule has 0 radical (unpaired) electrons. The SMILES string of the molecule is Cc1cc(OCC(=O)N(C)Cc2nccn2CC(F)(F)F)ccc1Cl. The molecule has 0 unspecified atom stereocenters. The minimum absolute atomic E-state index is 0.0507. The van der Waals surface area contributed by atoms with Crippen molar-refractivity contribution in [3.05, 3.63) is 47.0 Å². The molecule has 0 aliphatic rings. The monoisotopic (exact) mass is 375 g/mol. The molecule has 5 nitrogen and oxygen atoms in total. The summed E-state index contributed by atoms with van der Waals surface area (Å²) in [5, 5.41) is 0.590. The number of ether oxygens (including phenoxy) is 1. The minimum Gasteiger partial charge on any atom is -0.484 e. The molecule has 9 heteroatoms. The van der Waals surface area contributed by atoms with Crippen LogP contribution in [0.4, 0.5) is 13.2 Å². The van der Waals surface area contributed by atoms with Crippen LogP contribution in [-0.4, -0.2) is 40.2 Å². The molecule has 0 saturated carbocycles. The lowest BCUT2D eigenvalue weighted by Crippen LogP contribution is -2.32. The van der Waals surface area contributed by atoms with Gasteiger partial charge in [-0.1, -0.05) is 11.6 Å². The van der Waals surface area contributed by atoms with E-state index in [1.807, 2.05) is 6.92 Å². The van der Waals surface area contributed by atoms with Crippen LogP contribution in [0.1, 0.15) is 11.4 Å². The molecule has 0 aliphatic heterocycles. The number of hydrogen-bond donors (Lipinski definition) is 0. The molecular weight excluding hydrogens is 359 g/mol. The maximum absolute atomic E-state index is 12.5. The zero-order valence-corrected chi connectivity index (χ0v) is 14.4. The highest BCUT2D eigenvalue weighted by Gasteiger charge is 2.29. The fraction of sp³-hybridized carbons (Fsp3) is 0.375. The van der Waals surface area contributed by atoms with Gasteiger partial charge in [0, 0.05) is 24.5 Å². The second-order valence-corrected chi connectivity index (χ2v) is 5.94. The molecule has 25 heavy (non-hydrogen) atoms. The number of aromatic nitrogens is 2. The predicted molar refractivity (Wildman–Crippen MR) is 86.4 cm³/mol. The standard InChI is InChI=1S/C16H17ClF3N3O2/c1-11-7-12(3-4-13(11)17)25-9-15(24)22(2)8-14-21-5-6-23(14)10-16(18,19)20/h3-7H,8-10H2,1-2H3. The van der Waals surface area contributed by atoms with E-state index in [4.69, 9.17) is 16.3 Å². The number of aryl methyl sites for hydroxylation is 1. The van der Waals surface area contributed by atoms with Gasteiger partial charge in [-0.15, -0.1) is 0 Å². The van der Waals surface area contributed by atoms with Gasteiger partial charge in [-0.3, -0.25) is 4.79 Å². The van der Waals surface area contributed by atoms with E-state index in [-0.39, 0.29) is 24.9 Å². The van der Waals surface area contributed by atoms with Gasteiger partial charge in [-0.2, -0.15) is 13.2 Å². The van der Waals surface area contributed by atoms with Crippen LogP contribution in [0.2, 0.25) is 5.02 Å². The van der Waals surface area contributed by atoms with Crippen molar-refractivity contribution in [3.63, 3.8) is 0 Å². The van der Waals surface area contributed by atoms with Crippen LogP contribution in [0.3, 0.4) is 0 Å². The van der Waals surface area contributed by atoms with Gasteiger partial charge < -0.3 is 14.2 Å². The van der Waals surface area contributed by atoms with E-state index < -0.39 is 12.7 Å². The topological polar surface area (TPSA) is 47.4 Å². The lowest BCUT2D eigenvalue weighted by atomic mass is 10.2. The van der Waals surface area contributed by atoms with Crippen molar-refractivity contribution in [1.29, 1.82) is 0 Å². The summed E-state index contributed by atoms with van der Waals surface area (Å²) in [7, 11) is 1.48. The Hall–Kier alpha value is -2.22. The summed E-state index contributed by atoms with van der Waals surface area (Å²) in [4.78, 5) is 17.2. The molecule has 1 aromatic carbocycles. The number of imidazole rings is 1. The average molecular weight is 376 g/mol. The third kappa shape index (κ3) is 5.67. The zero-order chi connectivity index (χ0) is 18.6. The number of likely N-dealkylation sites (N-methyl/N-ethyl adjacent to an activating group) is 1. The Bertz CT molecular complexity index is 746. The Labute approximate surface area is 148 Å². The lowest BCUT2D eigenvalue weighted by molar-refractivity contribution is -0.141. The predicted octanol–water partition coefficient (Wildman–Crippen LogP) is 3.44. The fourth-order valence-electron chi connectivity index (χ4n) is 2.09. The second-order valence-electron chi connectivity index (χ2n) is 5.54. The van der Waals surface area contributed by atoms with E-state index in [9.17, 15) is 18.0 Å². The highest BCUT2D eigenvalue weighted by atomic mass is 35.5. The number of hydrogen-bond acceptors (Lipinski definition) is 3. The van der Waals surface area contributed by atoms with Gasteiger partial charge in [0.2, 0.25) is 0 Å². The first-order valence-corrected chi connectivity index (χ1v) is 7.73. The van der Waals surface area contributed by atoms with E-state index in [2.05, 4.69) is 4.98 Å². The third-order valence-electron chi connectivity index (χ3n) is 3.45. The first kappa shape index (κ1) is 19.1. The molecule has 0 bridgehead atoms. The Kier molecular flexibility index (Phi) is 5.94. The Morgan fingerprint density at radius 1 is 1.40 bits per heavy atom. The van der Waals surface area contributed by atoms with Crippen LogP contribution >= 0.6 is 11.6 Å². The largest absolute Gasteiger partial charge is 0.484 e. The van der Waals surface area contributed by atoms with Crippen molar-refractivity contribution < 1.29 is 22.7 Å². The number of alkyl halides is 3. The summed E-state index contributed by atoms with van der Waals surface area (Å²) in [5.74, 6) is 0.256. The van der Waals surface area contributed by atoms with Crippen molar-refractivity contribution in [2.75, 3.05) is 13.7 Å². The second kappa shape index (κ2) is 7.77. The van der Waals surface area contributed by atoms with Crippen molar-refractivity contribution in [1.82, 2.24) is 14.5 Å². The molecule has 0 fully saturated rings. The van der Waals surface area contributed by atoms with Crippen LogP contribution in [0, 0.1) is 6.92 Å². The van der Waals surface area contributed by atoms with Gasteiger partial charge in [-0.25, -0.2) is 4.98 Å². The Balaban J connectivity index is 1.92. The van der Waals surface area contributed by atoms with E-state index in [1.54, 1.807) is 18.2 Å². The average Bonchev–Trinajstić information content (AvgIpc) is 2.93. The molecular formula is C16H17ClF3N3O2. The van der Waals surface area contributed by atoms with Gasteiger partial charge in [0.15, 0.2) is 6.61 Å². The molecule has 0 saturated heterocycles. The molecule has 0 spiro atoms. The van der Waals surface area contributed by atoms with Crippen LogP contribution < -0.4 is 4.74 Å². The molecule has 2 rings (SSSR count). The molecule has 1 amide bonds. The molecule has 1 aromatic heterocycles. The van der Waals surface area contributed by atoms with Crippen molar-refractivity contribution in [3.8, 4) is 5.75 Å². The first-order chi connectivity index (χ1) is 11.7. The summed E-state index contributed by atoms with van der Waals surface area (Å²) in [6, 6.07) is 5.00. The van der Waals surface area contributed by atoms with E-state index in [1.165, 1.54) is 24.3 Å². The van der Waals surface area contributed by atoms with E-state index in [0.29, 0.717) is 10.8 Å². The lowest BCUT2D eigenvalue weighted by Gasteiger charge is -2.18. The number of carbonyl (C=O) groups excluding carboxylic acids is 1. The molecule has 136 valence electrons. The van der Waals surface area contributed by atoms with Crippen molar-refractivity contribution >= 4 is 17.5 Å². The van der Waals surface area contributed by atoms with Gasteiger partial charge in [0.05, 0.1) is 6.54 Å². The van der Waals surface area contributed by atoms with E-state index >= 15 is 0 Å². The molecule has 1 heterocycles. The summed E-state index contributed by atoms with van der Waals surface area (Å²) in [5.41, 5.74) is 0.814. The smallest absolute Gasteiger partial charge is 0.406 e. The normalized spacial score (nSPS) is 11.4. The van der Waals surface area contributed by atoms with Gasteiger partial charge >= 0.3 is 6.18 Å². The molecule has 0 aliphatic carbocycles. The summed E-state index contributed by atoms with van der Waals surface area (Å²) in [6.45, 7) is 0.372. The summed E-state index contributed by atoms with van der Waals surface area (Å²) >= 11 is 5.91. The number of carbonyl (C=O) groups is 1. The minimum atomic E-state index is -4.35. The number of benzene rings is 1. The summed E-state index contributed by atoms with van der Waals surface area (Å²) < 4.78 is 43.9. The van der Waals surface area contributed by atoms with Crippen LogP contribution in [0.15, 0.2) is 30.6 Å². The zero-order valence-electron chi connectivity index (χ0n) is 13.7. The van der Waals surface area contributed by atoms with Gasteiger partial charge in [0.25, 0.3) is 5.91 Å². The Morgan fingerprint density at radius 3 is 2.76 bits per heavy atom.